The quantitative estimate of drug-likeness (QED) is 0.913. The molecule has 1 aliphatic rings. The SMILES string of the molecule is OC[C@@H]1N=C(c2ccccc2)O[C@H]1c1ccccc1. The molecule has 0 aromatic heterocycles. The first-order valence-corrected chi connectivity index (χ1v) is 6.34. The lowest BCUT2D eigenvalue weighted by Crippen LogP contribution is -2.17. The molecule has 3 rings (SSSR count). The van der Waals surface area contributed by atoms with E-state index in [0.717, 1.165) is 11.1 Å². The van der Waals surface area contributed by atoms with E-state index in [-0.39, 0.29) is 18.8 Å². The molecule has 0 unspecified atom stereocenters. The zero-order chi connectivity index (χ0) is 13.1. The molecule has 2 aromatic rings. The van der Waals surface area contributed by atoms with Crippen molar-refractivity contribution in [3.05, 3.63) is 71.8 Å². The monoisotopic (exact) mass is 253 g/mol. The summed E-state index contributed by atoms with van der Waals surface area (Å²) in [6.07, 6.45) is -0.207. The molecule has 0 aliphatic carbocycles. The summed E-state index contributed by atoms with van der Waals surface area (Å²) in [6.45, 7) is -0.0180. The summed E-state index contributed by atoms with van der Waals surface area (Å²) >= 11 is 0. The lowest BCUT2D eigenvalue weighted by atomic mass is 10.0. The molecular formula is C16H15NO2. The van der Waals surface area contributed by atoms with Crippen molar-refractivity contribution in [1.82, 2.24) is 0 Å². The van der Waals surface area contributed by atoms with Gasteiger partial charge in [0.2, 0.25) is 5.90 Å². The van der Waals surface area contributed by atoms with Gasteiger partial charge in [-0.3, -0.25) is 0 Å². The van der Waals surface area contributed by atoms with Crippen LogP contribution in [-0.2, 0) is 4.74 Å². The van der Waals surface area contributed by atoms with Crippen LogP contribution >= 0.6 is 0 Å². The fourth-order valence-corrected chi connectivity index (χ4v) is 2.24. The fraction of sp³-hybridized carbons (Fsp3) is 0.188. The molecule has 3 heteroatoms. The summed E-state index contributed by atoms with van der Waals surface area (Å²) < 4.78 is 5.93. The van der Waals surface area contributed by atoms with E-state index in [1.165, 1.54) is 0 Å². The molecule has 0 radical (unpaired) electrons. The number of benzene rings is 2. The van der Waals surface area contributed by atoms with Crippen molar-refractivity contribution in [2.45, 2.75) is 12.1 Å². The predicted octanol–water partition coefficient (Wildman–Crippen LogP) is 2.57. The maximum atomic E-state index is 9.48. The largest absolute Gasteiger partial charge is 0.467 e. The Balaban J connectivity index is 1.88. The number of aliphatic imine (C=N–C) groups is 1. The molecular weight excluding hydrogens is 238 g/mol. The highest BCUT2D eigenvalue weighted by Gasteiger charge is 2.32. The van der Waals surface area contributed by atoms with Crippen LogP contribution in [0.1, 0.15) is 17.2 Å². The van der Waals surface area contributed by atoms with Gasteiger partial charge in [-0.2, -0.15) is 0 Å². The normalized spacial score (nSPS) is 21.8. The van der Waals surface area contributed by atoms with Crippen LogP contribution < -0.4 is 0 Å². The van der Waals surface area contributed by atoms with Gasteiger partial charge in [-0.1, -0.05) is 48.5 Å². The van der Waals surface area contributed by atoms with E-state index in [4.69, 9.17) is 4.74 Å². The number of aliphatic hydroxyl groups is 1. The molecule has 2 atom stereocenters. The molecule has 2 aromatic carbocycles. The van der Waals surface area contributed by atoms with E-state index in [1.54, 1.807) is 0 Å². The van der Waals surface area contributed by atoms with Crippen LogP contribution in [0.15, 0.2) is 65.7 Å². The maximum absolute atomic E-state index is 9.48. The minimum absolute atomic E-state index is 0.0180. The van der Waals surface area contributed by atoms with Crippen LogP contribution in [0.3, 0.4) is 0 Å². The van der Waals surface area contributed by atoms with Crippen LogP contribution in [0.25, 0.3) is 0 Å². The molecule has 19 heavy (non-hydrogen) atoms. The number of hydrogen-bond donors (Lipinski definition) is 1. The smallest absolute Gasteiger partial charge is 0.217 e. The average molecular weight is 253 g/mol. The second kappa shape index (κ2) is 5.24. The van der Waals surface area contributed by atoms with E-state index < -0.39 is 0 Å². The van der Waals surface area contributed by atoms with Crippen LogP contribution in [0.2, 0.25) is 0 Å². The zero-order valence-electron chi connectivity index (χ0n) is 10.4. The van der Waals surface area contributed by atoms with Crippen molar-refractivity contribution in [2.24, 2.45) is 4.99 Å². The van der Waals surface area contributed by atoms with Crippen LogP contribution in [0, 0.1) is 0 Å². The van der Waals surface area contributed by atoms with Gasteiger partial charge in [-0.15, -0.1) is 0 Å². The van der Waals surface area contributed by atoms with Gasteiger partial charge in [0.15, 0.2) is 6.10 Å². The maximum Gasteiger partial charge on any atom is 0.217 e. The zero-order valence-corrected chi connectivity index (χ0v) is 10.4. The molecule has 3 nitrogen and oxygen atoms in total. The Bertz CT molecular complexity index is 566. The second-order valence-electron chi connectivity index (χ2n) is 4.50. The highest BCUT2D eigenvalue weighted by molar-refractivity contribution is 5.95. The Morgan fingerprint density at radius 3 is 2.21 bits per heavy atom. The van der Waals surface area contributed by atoms with E-state index in [9.17, 15) is 5.11 Å². The Kier molecular flexibility index (Phi) is 3.29. The molecule has 0 spiro atoms. The predicted molar refractivity (Wildman–Crippen MR) is 74.1 cm³/mol. The van der Waals surface area contributed by atoms with Crippen LogP contribution in [0.5, 0.6) is 0 Å². The first-order chi connectivity index (χ1) is 9.38. The summed E-state index contributed by atoms with van der Waals surface area (Å²) in [6, 6.07) is 19.4. The van der Waals surface area contributed by atoms with E-state index in [0.29, 0.717) is 5.90 Å². The summed E-state index contributed by atoms with van der Waals surface area (Å²) in [5.74, 6) is 0.605. The molecule has 96 valence electrons. The number of rotatable bonds is 3. The van der Waals surface area contributed by atoms with Gasteiger partial charge in [0.05, 0.1) is 6.61 Å². The van der Waals surface area contributed by atoms with E-state index in [1.807, 2.05) is 60.7 Å². The summed E-state index contributed by atoms with van der Waals surface area (Å²) in [5.41, 5.74) is 1.98. The topological polar surface area (TPSA) is 41.8 Å². The highest BCUT2D eigenvalue weighted by atomic mass is 16.5. The first kappa shape index (κ1) is 11.9. The van der Waals surface area contributed by atoms with Crippen molar-refractivity contribution in [2.75, 3.05) is 6.61 Å². The standard InChI is InChI=1S/C16H15NO2/c18-11-14-15(12-7-3-1-4-8-12)19-16(17-14)13-9-5-2-6-10-13/h1-10,14-15,18H,11H2/t14-,15-/m0/s1. The lowest BCUT2D eigenvalue weighted by molar-refractivity contribution is 0.152. The molecule has 0 amide bonds. The second-order valence-corrected chi connectivity index (χ2v) is 4.50. The minimum Gasteiger partial charge on any atom is -0.467 e. The summed E-state index contributed by atoms with van der Waals surface area (Å²) in [7, 11) is 0. The summed E-state index contributed by atoms with van der Waals surface area (Å²) in [4.78, 5) is 4.48. The van der Waals surface area contributed by atoms with Gasteiger partial charge >= 0.3 is 0 Å². The van der Waals surface area contributed by atoms with Crippen molar-refractivity contribution >= 4 is 5.90 Å². The van der Waals surface area contributed by atoms with Crippen molar-refractivity contribution < 1.29 is 9.84 Å². The third-order valence-electron chi connectivity index (χ3n) is 3.21. The van der Waals surface area contributed by atoms with Gasteiger partial charge in [-0.25, -0.2) is 4.99 Å². The number of nitrogens with zero attached hydrogens (tertiary/aromatic N) is 1. The Morgan fingerprint density at radius 1 is 0.947 bits per heavy atom. The van der Waals surface area contributed by atoms with Crippen molar-refractivity contribution in [1.29, 1.82) is 0 Å². The Morgan fingerprint density at radius 2 is 1.58 bits per heavy atom. The average Bonchev–Trinajstić information content (AvgIpc) is 2.93. The Labute approximate surface area is 112 Å². The third-order valence-corrected chi connectivity index (χ3v) is 3.21. The van der Waals surface area contributed by atoms with Gasteiger partial charge in [0.25, 0.3) is 0 Å². The van der Waals surface area contributed by atoms with Gasteiger partial charge in [0.1, 0.15) is 6.04 Å². The minimum atomic E-state index is -0.238. The molecule has 0 saturated heterocycles. The highest BCUT2D eigenvalue weighted by Crippen LogP contribution is 2.30. The van der Waals surface area contributed by atoms with Crippen molar-refractivity contribution in [3.63, 3.8) is 0 Å². The number of aliphatic hydroxyl groups excluding tert-OH is 1. The van der Waals surface area contributed by atoms with Gasteiger partial charge in [-0.05, 0) is 17.7 Å². The van der Waals surface area contributed by atoms with Crippen LogP contribution in [0.4, 0.5) is 0 Å². The van der Waals surface area contributed by atoms with Gasteiger partial charge in [0, 0.05) is 5.56 Å². The molecule has 1 N–H and O–H groups in total. The Hall–Kier alpha value is -2.13. The number of hydrogen-bond acceptors (Lipinski definition) is 3. The van der Waals surface area contributed by atoms with E-state index in [2.05, 4.69) is 4.99 Å². The van der Waals surface area contributed by atoms with Crippen molar-refractivity contribution in [3.8, 4) is 0 Å². The lowest BCUT2D eigenvalue weighted by Gasteiger charge is -2.16. The third kappa shape index (κ3) is 2.37. The molecule has 1 aliphatic heterocycles. The van der Waals surface area contributed by atoms with Crippen LogP contribution in [-0.4, -0.2) is 23.7 Å². The van der Waals surface area contributed by atoms with E-state index >= 15 is 0 Å². The summed E-state index contributed by atoms with van der Waals surface area (Å²) in [5, 5.41) is 9.48. The first-order valence-electron chi connectivity index (χ1n) is 6.34. The molecule has 1 heterocycles. The molecule has 0 saturated carbocycles. The number of ether oxygens (including phenoxy) is 1. The fourth-order valence-electron chi connectivity index (χ4n) is 2.24. The van der Waals surface area contributed by atoms with Gasteiger partial charge < -0.3 is 9.84 Å². The molecule has 0 fully saturated rings. The molecule has 0 bridgehead atoms.